The fourth-order valence-electron chi connectivity index (χ4n) is 2.00. The average molecular weight is 281 g/mol. The van der Waals surface area contributed by atoms with Crippen molar-refractivity contribution in [3.8, 4) is 5.75 Å². The van der Waals surface area contributed by atoms with E-state index in [0.29, 0.717) is 11.3 Å². The third-order valence-electron chi connectivity index (χ3n) is 3.06. The molecule has 0 fully saturated rings. The lowest BCUT2D eigenvalue weighted by molar-refractivity contribution is 0.149. The van der Waals surface area contributed by atoms with E-state index in [-0.39, 0.29) is 12.4 Å². The molecule has 1 aromatic carbocycles. The number of hydrogen-bond acceptors (Lipinski definition) is 4. The summed E-state index contributed by atoms with van der Waals surface area (Å²) in [7, 11) is 1.56. The Kier molecular flexibility index (Phi) is 4.52. The van der Waals surface area contributed by atoms with Crippen LogP contribution >= 0.6 is 11.3 Å². The van der Waals surface area contributed by atoms with Crippen molar-refractivity contribution in [2.24, 2.45) is 5.73 Å². The first-order valence-electron chi connectivity index (χ1n) is 5.92. The maximum atomic E-state index is 13.8. The zero-order valence-electron chi connectivity index (χ0n) is 10.5. The molecule has 0 aliphatic carbocycles. The molecule has 0 spiro atoms. The van der Waals surface area contributed by atoms with Crippen LogP contribution in [0.5, 0.6) is 5.75 Å². The molecule has 0 saturated heterocycles. The summed E-state index contributed by atoms with van der Waals surface area (Å²) >= 11 is 1.37. The highest BCUT2D eigenvalue weighted by Gasteiger charge is 2.25. The summed E-state index contributed by atoms with van der Waals surface area (Å²) < 4.78 is 18.9. The summed E-state index contributed by atoms with van der Waals surface area (Å²) in [6.07, 6.45) is -0.837. The number of halogens is 1. The Bertz CT molecular complexity index is 544. The van der Waals surface area contributed by atoms with E-state index in [9.17, 15) is 9.50 Å². The predicted molar refractivity (Wildman–Crippen MR) is 74.0 cm³/mol. The third-order valence-corrected chi connectivity index (χ3v) is 4.04. The molecule has 0 amide bonds. The number of benzene rings is 1. The van der Waals surface area contributed by atoms with E-state index in [1.54, 1.807) is 36.8 Å². The van der Waals surface area contributed by atoms with Crippen molar-refractivity contribution in [2.45, 2.75) is 12.0 Å². The van der Waals surface area contributed by atoms with Crippen molar-refractivity contribution in [1.29, 1.82) is 0 Å². The Balaban J connectivity index is 2.29. The summed E-state index contributed by atoms with van der Waals surface area (Å²) in [4.78, 5) is 0.718. The van der Waals surface area contributed by atoms with Crippen molar-refractivity contribution in [3.63, 3.8) is 0 Å². The molecule has 3 N–H and O–H groups in total. The van der Waals surface area contributed by atoms with Crippen LogP contribution in [0.2, 0.25) is 0 Å². The number of nitrogens with two attached hydrogens (primary N) is 1. The lowest BCUT2D eigenvalue weighted by Crippen LogP contribution is -2.20. The van der Waals surface area contributed by atoms with Crippen LogP contribution in [-0.4, -0.2) is 18.8 Å². The molecule has 0 aliphatic heterocycles. The zero-order valence-corrected chi connectivity index (χ0v) is 11.4. The van der Waals surface area contributed by atoms with Crippen molar-refractivity contribution < 1.29 is 14.2 Å². The second-order valence-corrected chi connectivity index (χ2v) is 5.14. The quantitative estimate of drug-likeness (QED) is 0.886. The molecule has 3 nitrogen and oxygen atoms in total. The summed E-state index contributed by atoms with van der Waals surface area (Å²) in [5.74, 6) is -0.131. The molecule has 2 rings (SSSR count). The highest BCUT2D eigenvalue weighted by molar-refractivity contribution is 7.10. The van der Waals surface area contributed by atoms with Gasteiger partial charge in [0.2, 0.25) is 0 Å². The average Bonchev–Trinajstić information content (AvgIpc) is 2.90. The predicted octanol–water partition coefficient (Wildman–Crippen LogP) is 2.67. The van der Waals surface area contributed by atoms with Gasteiger partial charge in [-0.3, -0.25) is 0 Å². The second kappa shape index (κ2) is 6.14. The van der Waals surface area contributed by atoms with E-state index in [2.05, 4.69) is 0 Å². The Hall–Kier alpha value is -1.43. The largest absolute Gasteiger partial charge is 0.496 e. The monoisotopic (exact) mass is 281 g/mol. The van der Waals surface area contributed by atoms with Gasteiger partial charge < -0.3 is 15.6 Å². The minimum atomic E-state index is -0.837. The van der Waals surface area contributed by atoms with E-state index in [1.807, 2.05) is 0 Å². The minimum Gasteiger partial charge on any atom is -0.496 e. The number of aliphatic hydroxyl groups is 1. The molecular formula is C14H16FNO2S. The molecule has 0 radical (unpaired) electrons. The lowest BCUT2D eigenvalue weighted by atomic mass is 9.92. The molecular weight excluding hydrogens is 265 g/mol. The van der Waals surface area contributed by atoms with Crippen LogP contribution in [0.1, 0.15) is 22.5 Å². The lowest BCUT2D eigenvalue weighted by Gasteiger charge is -2.21. The molecule has 5 heteroatoms. The van der Waals surface area contributed by atoms with Gasteiger partial charge in [-0.2, -0.15) is 0 Å². The smallest absolute Gasteiger partial charge is 0.129 e. The van der Waals surface area contributed by atoms with Gasteiger partial charge in [-0.05, 0) is 17.7 Å². The Labute approximate surface area is 115 Å². The first kappa shape index (κ1) is 14.0. The van der Waals surface area contributed by atoms with Crippen molar-refractivity contribution >= 4 is 11.3 Å². The van der Waals surface area contributed by atoms with Crippen LogP contribution in [0.25, 0.3) is 0 Å². The van der Waals surface area contributed by atoms with E-state index >= 15 is 0 Å². The van der Waals surface area contributed by atoms with Gasteiger partial charge in [0.1, 0.15) is 11.6 Å². The first-order chi connectivity index (χ1) is 9.17. The van der Waals surface area contributed by atoms with Gasteiger partial charge in [0.25, 0.3) is 0 Å². The summed E-state index contributed by atoms with van der Waals surface area (Å²) in [5, 5.41) is 12.2. The molecule has 0 bridgehead atoms. The van der Waals surface area contributed by atoms with Crippen molar-refractivity contribution in [1.82, 2.24) is 0 Å². The number of aliphatic hydroxyl groups excluding tert-OH is 1. The van der Waals surface area contributed by atoms with Crippen LogP contribution in [0.15, 0.2) is 35.7 Å². The number of ether oxygens (including phenoxy) is 1. The van der Waals surface area contributed by atoms with Crippen LogP contribution in [0.3, 0.4) is 0 Å². The van der Waals surface area contributed by atoms with E-state index in [4.69, 9.17) is 10.5 Å². The molecule has 102 valence electrons. The van der Waals surface area contributed by atoms with Gasteiger partial charge in [-0.15, -0.1) is 11.3 Å². The SMILES string of the molecule is COc1csc(C(O)C(CN)c2ccccc2F)c1. The summed E-state index contributed by atoms with van der Waals surface area (Å²) in [6.45, 7) is 0.169. The van der Waals surface area contributed by atoms with Gasteiger partial charge in [0.15, 0.2) is 0 Å². The van der Waals surface area contributed by atoms with E-state index < -0.39 is 12.0 Å². The van der Waals surface area contributed by atoms with Crippen molar-refractivity contribution in [3.05, 3.63) is 52.0 Å². The molecule has 2 unspecified atom stereocenters. The molecule has 1 aromatic heterocycles. The maximum Gasteiger partial charge on any atom is 0.129 e. The normalized spacial score (nSPS) is 14.1. The number of rotatable bonds is 5. The Morgan fingerprint density at radius 3 is 2.74 bits per heavy atom. The minimum absolute atomic E-state index is 0.169. The topological polar surface area (TPSA) is 55.5 Å². The molecule has 0 aliphatic rings. The fraction of sp³-hybridized carbons (Fsp3) is 0.286. The molecule has 2 atom stereocenters. The maximum absolute atomic E-state index is 13.8. The van der Waals surface area contributed by atoms with E-state index in [1.165, 1.54) is 17.4 Å². The Morgan fingerprint density at radius 2 is 2.16 bits per heavy atom. The van der Waals surface area contributed by atoms with Crippen LogP contribution in [0.4, 0.5) is 4.39 Å². The highest BCUT2D eigenvalue weighted by Crippen LogP contribution is 2.36. The number of hydrogen-bond donors (Lipinski definition) is 2. The second-order valence-electron chi connectivity index (χ2n) is 4.20. The molecule has 19 heavy (non-hydrogen) atoms. The number of methoxy groups -OCH3 is 1. The first-order valence-corrected chi connectivity index (χ1v) is 6.80. The van der Waals surface area contributed by atoms with Crippen molar-refractivity contribution in [2.75, 3.05) is 13.7 Å². The molecule has 0 saturated carbocycles. The number of thiophene rings is 1. The Morgan fingerprint density at radius 1 is 1.42 bits per heavy atom. The standard InChI is InChI=1S/C14H16FNO2S/c1-18-9-6-13(19-8-9)14(17)11(7-16)10-4-2-3-5-12(10)15/h2-6,8,11,14,17H,7,16H2,1H3. The van der Waals surface area contributed by atoms with Gasteiger partial charge in [0, 0.05) is 22.7 Å². The highest BCUT2D eigenvalue weighted by atomic mass is 32.1. The molecule has 2 aromatic rings. The van der Waals surface area contributed by atoms with Gasteiger partial charge in [0.05, 0.1) is 13.2 Å². The summed E-state index contributed by atoms with van der Waals surface area (Å²) in [5.41, 5.74) is 6.13. The third kappa shape index (κ3) is 2.94. The van der Waals surface area contributed by atoms with Crippen LogP contribution in [0, 0.1) is 5.82 Å². The zero-order chi connectivity index (χ0) is 13.8. The van der Waals surface area contributed by atoms with Gasteiger partial charge in [-0.25, -0.2) is 4.39 Å². The van der Waals surface area contributed by atoms with Crippen LogP contribution < -0.4 is 10.5 Å². The molecule has 1 heterocycles. The van der Waals surface area contributed by atoms with Gasteiger partial charge in [-0.1, -0.05) is 18.2 Å². The summed E-state index contributed by atoms with van der Waals surface area (Å²) in [6, 6.07) is 8.13. The van der Waals surface area contributed by atoms with Gasteiger partial charge >= 0.3 is 0 Å². The van der Waals surface area contributed by atoms with Crippen LogP contribution in [-0.2, 0) is 0 Å². The van der Waals surface area contributed by atoms with E-state index in [0.717, 1.165) is 4.88 Å². The fourth-order valence-corrected chi connectivity index (χ4v) is 2.90.